The lowest BCUT2D eigenvalue weighted by Crippen LogP contribution is -2.37. The van der Waals surface area contributed by atoms with E-state index in [-0.39, 0.29) is 25.8 Å². The number of hydrogen-bond acceptors (Lipinski definition) is 6. The summed E-state index contributed by atoms with van der Waals surface area (Å²) in [5.41, 5.74) is 0. The molecule has 0 saturated carbocycles. The van der Waals surface area contributed by atoms with E-state index in [2.05, 4.69) is 111 Å². The molecule has 0 aliphatic carbocycles. The predicted octanol–water partition coefficient (Wildman–Crippen LogP) is 13.8. The van der Waals surface area contributed by atoms with Gasteiger partial charge in [0.25, 0.3) is 0 Å². The van der Waals surface area contributed by atoms with E-state index in [9.17, 15) is 14.3 Å². The van der Waals surface area contributed by atoms with Crippen molar-refractivity contribution in [2.45, 2.75) is 161 Å². The topological polar surface area (TPSA) is 91.3 Å². The molecular weight excluding hydrogens is 758 g/mol. The fourth-order valence-corrected chi connectivity index (χ4v) is 6.33. The van der Waals surface area contributed by atoms with Crippen molar-refractivity contribution in [3.8, 4) is 0 Å². The van der Waals surface area contributed by atoms with E-state index in [4.69, 9.17) is 18.5 Å². The molecule has 0 heterocycles. The van der Waals surface area contributed by atoms with Crippen molar-refractivity contribution >= 4 is 13.8 Å². The molecule has 1 N–H and O–H groups in total. The number of allylic oxidation sites excluding steroid dienone is 16. The van der Waals surface area contributed by atoms with Crippen molar-refractivity contribution in [1.29, 1.82) is 0 Å². The number of carbonyl (C=O) groups excluding carboxylic acids is 1. The normalized spacial score (nSPS) is 14.6. The number of hydrogen-bond donors (Lipinski definition) is 1. The maximum absolute atomic E-state index is 12.7. The van der Waals surface area contributed by atoms with Gasteiger partial charge in [0.1, 0.15) is 19.3 Å². The molecule has 0 spiro atoms. The maximum Gasteiger partial charge on any atom is 0.472 e. The quantitative estimate of drug-likeness (QED) is 0.0215. The third-order valence-electron chi connectivity index (χ3n) is 9.13. The Kier molecular flexibility index (Phi) is 40.3. The number of carbonyl (C=O) groups is 1. The van der Waals surface area contributed by atoms with Crippen LogP contribution in [0.2, 0.25) is 0 Å². The Labute approximate surface area is 362 Å². The third-order valence-corrected chi connectivity index (χ3v) is 10.1. The Bertz CT molecular complexity index is 1260. The molecule has 0 radical (unpaired) electrons. The summed E-state index contributed by atoms with van der Waals surface area (Å²) in [5, 5.41) is 0. The fraction of sp³-hybridized carbons (Fsp3) is 0.660. The van der Waals surface area contributed by atoms with Crippen molar-refractivity contribution < 1.29 is 37.3 Å². The first-order chi connectivity index (χ1) is 28.6. The lowest BCUT2D eigenvalue weighted by atomic mass is 10.1. The van der Waals surface area contributed by atoms with Crippen LogP contribution in [0.15, 0.2) is 97.2 Å². The van der Waals surface area contributed by atoms with E-state index >= 15 is 0 Å². The summed E-state index contributed by atoms with van der Waals surface area (Å²) in [6, 6.07) is 0. The number of esters is 1. The first-order valence-corrected chi connectivity index (χ1v) is 24.5. The predicted molar refractivity (Wildman–Crippen MR) is 251 cm³/mol. The van der Waals surface area contributed by atoms with Crippen molar-refractivity contribution in [2.24, 2.45) is 0 Å². The Morgan fingerprint density at radius 2 is 0.983 bits per heavy atom. The first kappa shape index (κ1) is 56.4. The van der Waals surface area contributed by atoms with Crippen molar-refractivity contribution in [1.82, 2.24) is 0 Å². The van der Waals surface area contributed by atoms with Crippen molar-refractivity contribution in [3.05, 3.63) is 97.2 Å². The molecule has 2 atom stereocenters. The van der Waals surface area contributed by atoms with Gasteiger partial charge in [-0.1, -0.05) is 150 Å². The van der Waals surface area contributed by atoms with Crippen LogP contribution in [0.4, 0.5) is 0 Å². The monoisotopic (exact) mass is 845 g/mol. The minimum absolute atomic E-state index is 0.0730. The van der Waals surface area contributed by atoms with Crippen LogP contribution >= 0.6 is 7.82 Å². The van der Waals surface area contributed by atoms with E-state index in [1.54, 1.807) is 0 Å². The van der Waals surface area contributed by atoms with E-state index in [0.29, 0.717) is 24.1 Å². The molecule has 0 saturated heterocycles. The largest absolute Gasteiger partial charge is 0.472 e. The SMILES string of the molecule is CC/C=C\C/C=C\C/C=C\C/C=C\C/C=C\C/C=C\CCCCCOCC(COP(=O)(O)OCC[N+](C)(C)C)OC(=O)CCCCCCC/C=C\C/C=C\CCCCC. The summed E-state index contributed by atoms with van der Waals surface area (Å²) in [4.78, 5) is 22.9. The van der Waals surface area contributed by atoms with E-state index in [1.807, 2.05) is 21.1 Å². The second-order valence-electron chi connectivity index (χ2n) is 16.0. The zero-order valence-corrected chi connectivity index (χ0v) is 39.1. The molecule has 338 valence electrons. The summed E-state index contributed by atoms with van der Waals surface area (Å²) < 4.78 is 35.0. The highest BCUT2D eigenvalue weighted by molar-refractivity contribution is 7.47. The molecule has 0 amide bonds. The van der Waals surface area contributed by atoms with Gasteiger partial charge in [0.2, 0.25) is 0 Å². The average Bonchev–Trinajstić information content (AvgIpc) is 3.19. The number of phosphoric acid groups is 1. The van der Waals surface area contributed by atoms with Crippen LogP contribution in [0.25, 0.3) is 0 Å². The molecule has 59 heavy (non-hydrogen) atoms. The standard InChI is InChI=1S/C50H86NO7P/c1-6-8-10-12-14-16-18-20-22-23-24-25-26-27-28-30-32-34-36-38-40-42-45-55-47-49(48-57-59(53,54)56-46-44-51(3,4)5)58-50(52)43-41-39-37-35-33-31-29-21-19-17-15-13-11-9-7-2/h8,10,14-17,20-22,24-25,27-29,32,34,49H,6-7,9,11-13,18-19,23,26,30-31,33,35-48H2,1-5H3/p+1/b10-8-,16-14-,17-15-,22-20-,25-24-,28-27-,29-21-,34-32-. The Morgan fingerprint density at radius 3 is 1.47 bits per heavy atom. The average molecular weight is 845 g/mol. The molecule has 2 unspecified atom stereocenters. The van der Waals surface area contributed by atoms with E-state index in [0.717, 1.165) is 109 Å². The van der Waals surface area contributed by atoms with E-state index in [1.165, 1.54) is 25.7 Å². The molecule has 0 aromatic carbocycles. The van der Waals surface area contributed by atoms with Gasteiger partial charge >= 0.3 is 13.8 Å². The minimum Gasteiger partial charge on any atom is -0.457 e. The van der Waals surface area contributed by atoms with Gasteiger partial charge in [-0.05, 0) is 96.3 Å². The minimum atomic E-state index is -4.30. The smallest absolute Gasteiger partial charge is 0.457 e. The van der Waals surface area contributed by atoms with Gasteiger partial charge in [0, 0.05) is 13.0 Å². The molecule has 0 bridgehead atoms. The number of ether oxygens (including phenoxy) is 2. The molecule has 0 fully saturated rings. The summed E-state index contributed by atoms with van der Waals surface area (Å²) in [7, 11) is 1.62. The van der Waals surface area contributed by atoms with Gasteiger partial charge in [-0.15, -0.1) is 0 Å². The van der Waals surface area contributed by atoms with Crippen LogP contribution in [0.1, 0.15) is 155 Å². The van der Waals surface area contributed by atoms with Crippen molar-refractivity contribution in [3.63, 3.8) is 0 Å². The molecule has 0 aliphatic rings. The highest BCUT2D eigenvalue weighted by Crippen LogP contribution is 2.43. The molecule has 0 rings (SSSR count). The molecule has 9 heteroatoms. The van der Waals surface area contributed by atoms with Gasteiger partial charge in [-0.3, -0.25) is 13.8 Å². The zero-order valence-electron chi connectivity index (χ0n) is 38.2. The van der Waals surface area contributed by atoms with Crippen LogP contribution in [0, 0.1) is 0 Å². The fourth-order valence-electron chi connectivity index (χ4n) is 5.58. The molecular formula is C50H87NO7P+. The van der Waals surface area contributed by atoms with Crippen LogP contribution < -0.4 is 0 Å². The van der Waals surface area contributed by atoms with Crippen LogP contribution in [-0.4, -0.2) is 75.6 Å². The highest BCUT2D eigenvalue weighted by Gasteiger charge is 2.26. The third kappa shape index (κ3) is 46.3. The first-order valence-electron chi connectivity index (χ1n) is 23.0. The number of likely N-dealkylation sites (N-methyl/N-ethyl adjacent to an activating group) is 1. The number of phosphoric ester groups is 1. The lowest BCUT2D eigenvalue weighted by Gasteiger charge is -2.24. The number of nitrogens with zero attached hydrogens (tertiary/aromatic N) is 1. The zero-order chi connectivity index (χ0) is 43.4. The number of quaternary nitrogens is 1. The second kappa shape index (κ2) is 42.1. The Balaban J connectivity index is 4.33. The molecule has 0 aromatic rings. The molecule has 8 nitrogen and oxygen atoms in total. The number of unbranched alkanes of at least 4 members (excludes halogenated alkanes) is 11. The summed E-state index contributed by atoms with van der Waals surface area (Å²) in [5.74, 6) is -0.344. The van der Waals surface area contributed by atoms with Crippen LogP contribution in [-0.2, 0) is 27.9 Å². The van der Waals surface area contributed by atoms with Gasteiger partial charge in [0.05, 0.1) is 34.4 Å². The van der Waals surface area contributed by atoms with E-state index < -0.39 is 13.9 Å². The maximum atomic E-state index is 12.7. The summed E-state index contributed by atoms with van der Waals surface area (Å²) >= 11 is 0. The van der Waals surface area contributed by atoms with Gasteiger partial charge in [-0.25, -0.2) is 4.57 Å². The summed E-state index contributed by atoms with van der Waals surface area (Å²) in [6.45, 7) is 5.35. The molecule has 0 aliphatic heterocycles. The Hall–Kier alpha value is -2.58. The van der Waals surface area contributed by atoms with Crippen molar-refractivity contribution in [2.75, 3.05) is 54.1 Å². The Morgan fingerprint density at radius 1 is 0.542 bits per heavy atom. The summed E-state index contributed by atoms with van der Waals surface area (Å²) in [6.07, 6.45) is 57.3. The van der Waals surface area contributed by atoms with Crippen LogP contribution in [0.5, 0.6) is 0 Å². The lowest BCUT2D eigenvalue weighted by molar-refractivity contribution is -0.870. The second-order valence-corrected chi connectivity index (χ2v) is 17.5. The molecule has 0 aromatic heterocycles. The van der Waals surface area contributed by atoms with Gasteiger partial charge in [-0.2, -0.15) is 0 Å². The van der Waals surface area contributed by atoms with Crippen LogP contribution in [0.3, 0.4) is 0 Å². The highest BCUT2D eigenvalue weighted by atomic mass is 31.2. The van der Waals surface area contributed by atoms with Gasteiger partial charge < -0.3 is 18.9 Å². The number of rotatable bonds is 41. The van der Waals surface area contributed by atoms with Gasteiger partial charge in [0.15, 0.2) is 0 Å².